The Morgan fingerprint density at radius 3 is 2.35 bits per heavy atom. The molecule has 1 unspecified atom stereocenters. The van der Waals surface area contributed by atoms with Crippen LogP contribution in [-0.2, 0) is 4.79 Å². The molecule has 0 spiro atoms. The Hall–Kier alpha value is -1.61. The van der Waals surface area contributed by atoms with Crippen LogP contribution in [0.4, 0.5) is 0 Å². The average molecular weight is 320 g/mol. The highest BCUT2D eigenvalue weighted by Crippen LogP contribution is 2.04. The van der Waals surface area contributed by atoms with E-state index < -0.39 is 5.97 Å². The first kappa shape index (κ1) is 21.4. The third-order valence-electron chi connectivity index (χ3n) is 3.32. The normalized spacial score (nSPS) is 13.8. The largest absolute Gasteiger partial charge is 0.481 e. The fraction of sp³-hybridized carbons (Fsp3) is 0.550. The van der Waals surface area contributed by atoms with E-state index in [9.17, 15) is 9.90 Å². The maximum Gasteiger partial charge on any atom is 0.303 e. The maximum atomic E-state index is 10.3. The number of hydrogen-bond acceptors (Lipinski definition) is 2. The smallest absolute Gasteiger partial charge is 0.303 e. The number of unbranched alkanes of at least 4 members (excludes halogenated alkanes) is 3. The summed E-state index contributed by atoms with van der Waals surface area (Å²) >= 11 is 0. The second-order valence-electron chi connectivity index (χ2n) is 5.58. The van der Waals surface area contributed by atoms with Crippen LogP contribution in [0.2, 0.25) is 0 Å². The Morgan fingerprint density at radius 2 is 1.65 bits per heavy atom. The summed E-state index contributed by atoms with van der Waals surface area (Å²) < 4.78 is 0. The quantitative estimate of drug-likeness (QED) is 0.263. The number of allylic oxidation sites excluding steroid dienone is 7. The van der Waals surface area contributed by atoms with Gasteiger partial charge >= 0.3 is 5.97 Å². The van der Waals surface area contributed by atoms with Crippen LogP contribution in [0.1, 0.15) is 64.7 Å². The SMILES string of the molecule is CCCCCC(O)/C=C/C=C/C/C=C\C/C=C\CCCC(=O)O. The van der Waals surface area contributed by atoms with Gasteiger partial charge in [0, 0.05) is 6.42 Å². The molecular weight excluding hydrogens is 288 g/mol. The Morgan fingerprint density at radius 1 is 0.957 bits per heavy atom. The fourth-order valence-corrected chi connectivity index (χ4v) is 1.98. The third kappa shape index (κ3) is 18.3. The summed E-state index contributed by atoms with van der Waals surface area (Å²) in [4.78, 5) is 10.3. The molecule has 0 rings (SSSR count). The van der Waals surface area contributed by atoms with Crippen molar-refractivity contribution in [2.24, 2.45) is 0 Å². The van der Waals surface area contributed by atoms with Crippen LogP contribution >= 0.6 is 0 Å². The van der Waals surface area contributed by atoms with Crippen molar-refractivity contribution in [1.29, 1.82) is 0 Å². The summed E-state index contributed by atoms with van der Waals surface area (Å²) in [6, 6.07) is 0. The van der Waals surface area contributed by atoms with Crippen molar-refractivity contribution in [3.8, 4) is 0 Å². The van der Waals surface area contributed by atoms with Crippen LogP contribution in [0.25, 0.3) is 0 Å². The molecule has 0 aromatic heterocycles. The highest BCUT2D eigenvalue weighted by atomic mass is 16.4. The van der Waals surface area contributed by atoms with Crippen LogP contribution < -0.4 is 0 Å². The molecule has 0 aliphatic heterocycles. The number of hydrogen-bond donors (Lipinski definition) is 2. The number of rotatable bonds is 14. The molecule has 0 bridgehead atoms. The van der Waals surface area contributed by atoms with Crippen LogP contribution in [0, 0.1) is 0 Å². The zero-order valence-corrected chi connectivity index (χ0v) is 14.4. The van der Waals surface area contributed by atoms with Crippen LogP contribution in [-0.4, -0.2) is 22.3 Å². The van der Waals surface area contributed by atoms with Crippen molar-refractivity contribution in [2.45, 2.75) is 70.8 Å². The van der Waals surface area contributed by atoms with E-state index in [1.807, 2.05) is 24.3 Å². The monoisotopic (exact) mass is 320 g/mol. The summed E-state index contributed by atoms with van der Waals surface area (Å²) in [5, 5.41) is 18.2. The lowest BCUT2D eigenvalue weighted by Gasteiger charge is -2.02. The molecule has 0 aliphatic rings. The molecule has 0 saturated heterocycles. The zero-order valence-electron chi connectivity index (χ0n) is 14.4. The molecule has 3 heteroatoms. The van der Waals surface area contributed by atoms with E-state index in [0.717, 1.165) is 32.1 Å². The molecule has 1 atom stereocenters. The number of aliphatic carboxylic acids is 1. The van der Waals surface area contributed by atoms with Gasteiger partial charge < -0.3 is 10.2 Å². The summed E-state index contributed by atoms with van der Waals surface area (Å²) in [6.07, 6.45) is 23.6. The summed E-state index contributed by atoms with van der Waals surface area (Å²) in [5.41, 5.74) is 0. The van der Waals surface area contributed by atoms with Gasteiger partial charge in [0.05, 0.1) is 6.10 Å². The second kappa shape index (κ2) is 16.8. The van der Waals surface area contributed by atoms with E-state index in [2.05, 4.69) is 31.2 Å². The average Bonchev–Trinajstić information content (AvgIpc) is 2.51. The highest BCUT2D eigenvalue weighted by Gasteiger charge is 1.96. The summed E-state index contributed by atoms with van der Waals surface area (Å²) in [7, 11) is 0. The lowest BCUT2D eigenvalue weighted by atomic mass is 10.1. The first-order chi connectivity index (χ1) is 11.2. The topological polar surface area (TPSA) is 57.5 Å². The maximum absolute atomic E-state index is 10.3. The predicted molar refractivity (Wildman–Crippen MR) is 97.4 cm³/mol. The molecule has 23 heavy (non-hydrogen) atoms. The molecule has 130 valence electrons. The molecule has 0 amide bonds. The van der Waals surface area contributed by atoms with Crippen LogP contribution in [0.5, 0.6) is 0 Å². The Labute approximate surface area is 141 Å². The van der Waals surface area contributed by atoms with Crippen molar-refractivity contribution < 1.29 is 15.0 Å². The molecule has 0 radical (unpaired) electrons. The minimum absolute atomic E-state index is 0.242. The number of carboxylic acids is 1. The van der Waals surface area contributed by atoms with E-state index in [4.69, 9.17) is 5.11 Å². The van der Waals surface area contributed by atoms with Gasteiger partial charge in [-0.2, -0.15) is 0 Å². The first-order valence-corrected chi connectivity index (χ1v) is 8.70. The third-order valence-corrected chi connectivity index (χ3v) is 3.32. The minimum atomic E-state index is -0.729. The molecular formula is C20H32O3. The van der Waals surface area contributed by atoms with Crippen molar-refractivity contribution in [3.05, 3.63) is 48.6 Å². The van der Waals surface area contributed by atoms with Gasteiger partial charge in [-0.15, -0.1) is 0 Å². The molecule has 0 fully saturated rings. The van der Waals surface area contributed by atoms with E-state index in [0.29, 0.717) is 6.42 Å². The molecule has 0 aliphatic carbocycles. The van der Waals surface area contributed by atoms with E-state index in [-0.39, 0.29) is 12.5 Å². The standard InChI is InChI=1S/C20H32O3/c1-2-3-13-16-19(21)17-14-11-9-7-5-4-6-8-10-12-15-18-20(22)23/h4-5,8-11,14,17,19,21H,2-3,6-7,12-13,15-16,18H2,1H3,(H,22,23)/b5-4-,10-8-,11-9+,17-14+. The lowest BCUT2D eigenvalue weighted by Crippen LogP contribution is -2.00. The summed E-state index contributed by atoms with van der Waals surface area (Å²) in [5.74, 6) is -0.729. The number of carboxylic acid groups (broad SMARTS) is 1. The van der Waals surface area contributed by atoms with Crippen molar-refractivity contribution in [2.75, 3.05) is 0 Å². The fourth-order valence-electron chi connectivity index (χ4n) is 1.98. The number of aliphatic hydroxyl groups excluding tert-OH is 1. The van der Waals surface area contributed by atoms with Gasteiger partial charge in [-0.25, -0.2) is 0 Å². The van der Waals surface area contributed by atoms with Crippen molar-refractivity contribution in [1.82, 2.24) is 0 Å². The Kier molecular flexibility index (Phi) is 15.6. The Balaban J connectivity index is 3.57. The van der Waals surface area contributed by atoms with E-state index in [1.165, 1.54) is 12.8 Å². The second-order valence-corrected chi connectivity index (χ2v) is 5.58. The molecule has 2 N–H and O–H groups in total. The van der Waals surface area contributed by atoms with Gasteiger partial charge in [-0.1, -0.05) is 74.8 Å². The lowest BCUT2D eigenvalue weighted by molar-refractivity contribution is -0.137. The van der Waals surface area contributed by atoms with E-state index in [1.54, 1.807) is 0 Å². The molecule has 0 aromatic carbocycles. The van der Waals surface area contributed by atoms with Crippen LogP contribution in [0.15, 0.2) is 48.6 Å². The zero-order chi connectivity index (χ0) is 17.2. The van der Waals surface area contributed by atoms with Gasteiger partial charge in [0.15, 0.2) is 0 Å². The highest BCUT2D eigenvalue weighted by molar-refractivity contribution is 5.66. The van der Waals surface area contributed by atoms with Crippen molar-refractivity contribution >= 4 is 5.97 Å². The molecule has 3 nitrogen and oxygen atoms in total. The molecule has 0 aromatic rings. The Bertz CT molecular complexity index is 392. The van der Waals surface area contributed by atoms with Crippen molar-refractivity contribution in [3.63, 3.8) is 0 Å². The minimum Gasteiger partial charge on any atom is -0.481 e. The van der Waals surface area contributed by atoms with E-state index >= 15 is 0 Å². The number of carbonyl (C=O) groups is 1. The van der Waals surface area contributed by atoms with Gasteiger partial charge in [0.2, 0.25) is 0 Å². The van der Waals surface area contributed by atoms with Gasteiger partial charge in [0.25, 0.3) is 0 Å². The molecule has 0 heterocycles. The van der Waals surface area contributed by atoms with Gasteiger partial charge in [-0.3, -0.25) is 4.79 Å². The van der Waals surface area contributed by atoms with Crippen LogP contribution in [0.3, 0.4) is 0 Å². The summed E-state index contributed by atoms with van der Waals surface area (Å²) in [6.45, 7) is 2.16. The molecule has 0 saturated carbocycles. The predicted octanol–water partition coefficient (Wildman–Crippen LogP) is 5.19. The number of aliphatic hydroxyl groups is 1. The van der Waals surface area contributed by atoms with Gasteiger partial charge in [-0.05, 0) is 32.1 Å². The first-order valence-electron chi connectivity index (χ1n) is 8.70. The van der Waals surface area contributed by atoms with Gasteiger partial charge in [0.1, 0.15) is 0 Å².